The van der Waals surface area contributed by atoms with Crippen molar-refractivity contribution in [3.63, 3.8) is 0 Å². The van der Waals surface area contributed by atoms with Crippen molar-refractivity contribution in [3.8, 4) is 5.75 Å². The van der Waals surface area contributed by atoms with Gasteiger partial charge < -0.3 is 15.4 Å². The molecule has 0 aliphatic heterocycles. The molecule has 0 saturated carbocycles. The molecule has 3 aromatic carbocycles. The normalized spacial score (nSPS) is 14.4. The minimum Gasteiger partial charge on any atom is -0.495 e. The van der Waals surface area contributed by atoms with Crippen molar-refractivity contribution in [2.24, 2.45) is 0 Å². The molecule has 1 aliphatic carbocycles. The Hall–Kier alpha value is -3.64. The van der Waals surface area contributed by atoms with Gasteiger partial charge >= 0.3 is 0 Å². The molecule has 2 atom stereocenters. The number of benzene rings is 3. The lowest BCUT2D eigenvalue weighted by Crippen LogP contribution is -2.39. The van der Waals surface area contributed by atoms with Gasteiger partial charge in [0.05, 0.1) is 18.8 Å². The summed E-state index contributed by atoms with van der Waals surface area (Å²) in [7, 11) is 1.56. The summed E-state index contributed by atoms with van der Waals surface area (Å²) in [5.74, 6) is 0.221. The quantitative estimate of drug-likeness (QED) is 0.405. The minimum atomic E-state index is -0.380. The van der Waals surface area contributed by atoms with Crippen LogP contribution in [0.3, 0.4) is 0 Å². The molecule has 182 valence electrons. The van der Waals surface area contributed by atoms with Crippen molar-refractivity contribution in [2.45, 2.75) is 51.6 Å². The van der Waals surface area contributed by atoms with E-state index in [-0.39, 0.29) is 23.9 Å². The van der Waals surface area contributed by atoms with Crippen LogP contribution < -0.4 is 20.7 Å². The van der Waals surface area contributed by atoms with Gasteiger partial charge in [-0.1, -0.05) is 30.3 Å². The molecule has 6 nitrogen and oxygen atoms in total. The predicted molar refractivity (Wildman–Crippen MR) is 140 cm³/mol. The Balaban J connectivity index is 1.32. The van der Waals surface area contributed by atoms with Gasteiger partial charge in [-0.2, -0.15) is 0 Å². The molecule has 0 radical (unpaired) electrons. The maximum atomic E-state index is 12.8. The van der Waals surface area contributed by atoms with E-state index in [1.807, 2.05) is 19.1 Å². The molecule has 6 heteroatoms. The lowest BCUT2D eigenvalue weighted by atomic mass is 9.89. The summed E-state index contributed by atoms with van der Waals surface area (Å²) in [6, 6.07) is 20.4. The lowest BCUT2D eigenvalue weighted by Gasteiger charge is -2.22. The average Bonchev–Trinajstić information content (AvgIpc) is 2.89. The zero-order valence-electron chi connectivity index (χ0n) is 20.6. The molecule has 3 N–H and O–H groups in total. The monoisotopic (exact) mass is 471 g/mol. The fourth-order valence-corrected chi connectivity index (χ4v) is 4.47. The summed E-state index contributed by atoms with van der Waals surface area (Å²) in [5.41, 5.74) is 5.83. The molecular weight excluding hydrogens is 438 g/mol. The number of aryl methyl sites for hydroxylation is 2. The van der Waals surface area contributed by atoms with Gasteiger partial charge in [-0.05, 0) is 92.6 Å². The second-order valence-electron chi connectivity index (χ2n) is 9.07. The molecule has 0 spiro atoms. The molecule has 4 rings (SSSR count). The molecule has 1 aliphatic rings. The fraction of sp³-hybridized carbons (Fsp3) is 0.310. The zero-order valence-corrected chi connectivity index (χ0v) is 20.6. The third-order valence-corrected chi connectivity index (χ3v) is 6.54. The Bertz CT molecular complexity index is 1190. The second-order valence-corrected chi connectivity index (χ2v) is 9.07. The standard InChI is InChI=1S/C29H33N3O3/c1-19(23-13-12-21-8-4-5-9-24(21)18-23)30-20(2)28(33)31-25-16-14-22(15-17-25)29(34)32-26-10-6-7-11-27(26)35-3/h6-7,10-20,30H,4-5,8-9H2,1-3H3,(H,31,33)(H,32,34). The molecule has 0 heterocycles. The maximum Gasteiger partial charge on any atom is 0.255 e. The lowest BCUT2D eigenvalue weighted by molar-refractivity contribution is -0.117. The number of fused-ring (bicyclic) bond motifs is 1. The number of hydrogen-bond donors (Lipinski definition) is 3. The van der Waals surface area contributed by atoms with E-state index in [2.05, 4.69) is 41.1 Å². The number of amides is 2. The number of nitrogens with one attached hydrogen (secondary N) is 3. The molecule has 0 aromatic heterocycles. The van der Waals surface area contributed by atoms with Crippen LogP contribution in [0.4, 0.5) is 11.4 Å². The van der Waals surface area contributed by atoms with E-state index in [0.717, 1.165) is 12.8 Å². The van der Waals surface area contributed by atoms with E-state index in [9.17, 15) is 9.59 Å². The summed E-state index contributed by atoms with van der Waals surface area (Å²) in [6.07, 6.45) is 4.82. The van der Waals surface area contributed by atoms with E-state index in [0.29, 0.717) is 22.7 Å². The van der Waals surface area contributed by atoms with Crippen LogP contribution in [0.5, 0.6) is 5.75 Å². The van der Waals surface area contributed by atoms with Crippen molar-refractivity contribution in [1.82, 2.24) is 5.32 Å². The highest BCUT2D eigenvalue weighted by Gasteiger charge is 2.18. The third kappa shape index (κ3) is 6.08. The number of carbonyl (C=O) groups excluding carboxylic acids is 2. The number of para-hydroxylation sites is 2. The van der Waals surface area contributed by atoms with Gasteiger partial charge in [0.15, 0.2) is 0 Å². The zero-order chi connectivity index (χ0) is 24.8. The van der Waals surface area contributed by atoms with Crippen LogP contribution >= 0.6 is 0 Å². The number of hydrogen-bond acceptors (Lipinski definition) is 4. The van der Waals surface area contributed by atoms with Crippen LogP contribution in [-0.4, -0.2) is 25.0 Å². The molecular formula is C29H33N3O3. The Labute approximate surface area is 207 Å². The van der Waals surface area contributed by atoms with E-state index < -0.39 is 0 Å². The summed E-state index contributed by atoms with van der Waals surface area (Å²) in [4.78, 5) is 25.4. The SMILES string of the molecule is COc1ccccc1NC(=O)c1ccc(NC(=O)C(C)NC(C)c2ccc3c(c2)CCCC3)cc1. The van der Waals surface area contributed by atoms with E-state index in [1.165, 1.54) is 29.5 Å². The van der Waals surface area contributed by atoms with Gasteiger partial charge in [-0.3, -0.25) is 14.9 Å². The first-order valence-corrected chi connectivity index (χ1v) is 12.2. The van der Waals surface area contributed by atoms with E-state index >= 15 is 0 Å². The van der Waals surface area contributed by atoms with Crippen LogP contribution in [0.1, 0.15) is 59.8 Å². The highest BCUT2D eigenvalue weighted by molar-refractivity contribution is 6.05. The molecule has 0 saturated heterocycles. The van der Waals surface area contributed by atoms with Crippen LogP contribution in [0.2, 0.25) is 0 Å². The number of ether oxygens (including phenoxy) is 1. The first kappa shape index (κ1) is 24.5. The van der Waals surface area contributed by atoms with E-state index in [4.69, 9.17) is 4.74 Å². The Morgan fingerprint density at radius 1 is 0.857 bits per heavy atom. The molecule has 0 bridgehead atoms. The minimum absolute atomic E-state index is 0.0593. The van der Waals surface area contributed by atoms with E-state index in [1.54, 1.807) is 43.5 Å². The molecule has 2 amide bonds. The van der Waals surface area contributed by atoms with Gasteiger partial charge in [-0.15, -0.1) is 0 Å². The predicted octanol–water partition coefficient (Wildman–Crippen LogP) is 5.50. The summed E-state index contributed by atoms with van der Waals surface area (Å²) >= 11 is 0. The summed E-state index contributed by atoms with van der Waals surface area (Å²) in [5, 5.41) is 9.18. The largest absolute Gasteiger partial charge is 0.495 e. The highest BCUT2D eigenvalue weighted by Crippen LogP contribution is 2.26. The highest BCUT2D eigenvalue weighted by atomic mass is 16.5. The Morgan fingerprint density at radius 3 is 2.31 bits per heavy atom. The van der Waals surface area contributed by atoms with Crippen LogP contribution in [0.15, 0.2) is 66.7 Å². The van der Waals surface area contributed by atoms with Gasteiger partial charge in [0.1, 0.15) is 5.75 Å². The third-order valence-electron chi connectivity index (χ3n) is 6.54. The van der Waals surface area contributed by atoms with Crippen LogP contribution in [0.25, 0.3) is 0 Å². The Kier molecular flexibility index (Phi) is 7.83. The molecule has 35 heavy (non-hydrogen) atoms. The first-order chi connectivity index (χ1) is 16.9. The molecule has 2 unspecified atom stereocenters. The van der Waals surface area contributed by atoms with Crippen LogP contribution in [0, 0.1) is 0 Å². The van der Waals surface area contributed by atoms with Gasteiger partial charge in [-0.25, -0.2) is 0 Å². The average molecular weight is 472 g/mol. The van der Waals surface area contributed by atoms with Crippen molar-refractivity contribution in [3.05, 3.63) is 89.0 Å². The fourth-order valence-electron chi connectivity index (χ4n) is 4.47. The smallest absolute Gasteiger partial charge is 0.255 e. The number of methoxy groups -OCH3 is 1. The number of rotatable bonds is 8. The number of anilines is 2. The van der Waals surface area contributed by atoms with Crippen molar-refractivity contribution in [1.29, 1.82) is 0 Å². The molecule has 3 aromatic rings. The summed E-state index contributed by atoms with van der Waals surface area (Å²) < 4.78 is 5.28. The Morgan fingerprint density at radius 2 is 1.57 bits per heavy atom. The second kappa shape index (κ2) is 11.2. The topological polar surface area (TPSA) is 79.5 Å². The summed E-state index contributed by atoms with van der Waals surface area (Å²) in [6.45, 7) is 3.95. The first-order valence-electron chi connectivity index (χ1n) is 12.2. The maximum absolute atomic E-state index is 12.8. The number of carbonyl (C=O) groups is 2. The van der Waals surface area contributed by atoms with Gasteiger partial charge in [0.2, 0.25) is 5.91 Å². The van der Waals surface area contributed by atoms with Crippen LogP contribution in [-0.2, 0) is 17.6 Å². The molecule has 0 fully saturated rings. The van der Waals surface area contributed by atoms with Gasteiger partial charge in [0.25, 0.3) is 5.91 Å². The van der Waals surface area contributed by atoms with Gasteiger partial charge in [0, 0.05) is 17.3 Å². The van der Waals surface area contributed by atoms with Crippen molar-refractivity contribution >= 4 is 23.2 Å². The van der Waals surface area contributed by atoms with Crippen molar-refractivity contribution in [2.75, 3.05) is 17.7 Å². The van der Waals surface area contributed by atoms with Crippen molar-refractivity contribution < 1.29 is 14.3 Å².